The summed E-state index contributed by atoms with van der Waals surface area (Å²) >= 11 is 6.09. The van der Waals surface area contributed by atoms with Crippen molar-refractivity contribution in [1.82, 2.24) is 28.2 Å². The third-order valence-corrected chi connectivity index (χ3v) is 9.53. The minimum atomic E-state index is -0.826. The van der Waals surface area contributed by atoms with Crippen molar-refractivity contribution < 1.29 is 4.92 Å². The SMILES string of the molecule is Cc1cccc(-n2c(=O)n(-c3ccccn3)c3cc(Br)ccc32)c1N.Cc1cccc(-n2c(=O)n(-c3ccccn3)c3cc(Br)ccc32)c1[N+](=O)[O-].[Cl][Sn][Cl]. The van der Waals surface area contributed by atoms with E-state index in [2.05, 4.69) is 41.8 Å². The van der Waals surface area contributed by atoms with Crippen LogP contribution in [0.15, 0.2) is 140 Å². The van der Waals surface area contributed by atoms with Gasteiger partial charge in [0.25, 0.3) is 5.69 Å². The van der Waals surface area contributed by atoms with Crippen molar-refractivity contribution in [3.05, 3.63) is 173 Å². The number of benzene rings is 4. The summed E-state index contributed by atoms with van der Waals surface area (Å²) in [7, 11) is 9.87. The Labute approximate surface area is 347 Å². The average molecular weight is 1010 g/mol. The molecule has 8 rings (SSSR count). The Morgan fingerprint density at radius 2 is 1.09 bits per heavy atom. The predicted molar refractivity (Wildman–Crippen MR) is 227 cm³/mol. The second kappa shape index (κ2) is 17.4. The molecular weight excluding hydrogens is 982 g/mol. The molecule has 8 aromatic rings. The molecule has 17 heteroatoms. The monoisotopic (exact) mass is 1010 g/mol. The van der Waals surface area contributed by atoms with Crippen LogP contribution in [0.4, 0.5) is 11.4 Å². The van der Waals surface area contributed by atoms with Crippen molar-refractivity contribution >= 4 is 102 Å². The van der Waals surface area contributed by atoms with Gasteiger partial charge < -0.3 is 5.73 Å². The van der Waals surface area contributed by atoms with E-state index in [4.69, 9.17) is 23.6 Å². The van der Waals surface area contributed by atoms with E-state index in [0.717, 1.165) is 25.5 Å². The molecule has 0 spiro atoms. The molecule has 0 saturated heterocycles. The van der Waals surface area contributed by atoms with Gasteiger partial charge in [0.05, 0.1) is 38.4 Å². The van der Waals surface area contributed by atoms with Gasteiger partial charge in [0, 0.05) is 26.9 Å². The number of nitrogens with two attached hydrogens (primary N) is 1. The second-order valence-corrected chi connectivity index (χ2v) is 17.9. The zero-order valence-corrected chi connectivity index (χ0v) is 36.4. The first-order valence-electron chi connectivity index (χ1n) is 16.2. The van der Waals surface area contributed by atoms with E-state index in [1.807, 2.05) is 61.5 Å². The summed E-state index contributed by atoms with van der Waals surface area (Å²) in [5.74, 6) is 1.01. The molecule has 0 saturated carbocycles. The Bertz CT molecular complexity index is 2810. The van der Waals surface area contributed by atoms with Gasteiger partial charge in [0.1, 0.15) is 17.3 Å². The van der Waals surface area contributed by atoms with Crippen LogP contribution in [-0.2, 0) is 0 Å². The normalized spacial score (nSPS) is 10.8. The fourth-order valence-electron chi connectivity index (χ4n) is 6.14. The van der Waals surface area contributed by atoms with Crippen molar-refractivity contribution in [3.63, 3.8) is 0 Å². The number of pyridine rings is 2. The van der Waals surface area contributed by atoms with Gasteiger partial charge in [-0.2, -0.15) is 0 Å². The fourth-order valence-corrected chi connectivity index (χ4v) is 6.84. The zero-order valence-electron chi connectivity index (χ0n) is 28.9. The molecule has 0 aliphatic heterocycles. The van der Waals surface area contributed by atoms with E-state index in [1.165, 1.54) is 9.13 Å². The summed E-state index contributed by atoms with van der Waals surface area (Å²) in [6, 6.07) is 32.4. The molecule has 4 heterocycles. The molecule has 0 atom stereocenters. The topological polar surface area (TPSA) is 149 Å². The summed E-state index contributed by atoms with van der Waals surface area (Å²) in [6.45, 7) is 3.58. The first kappa shape index (κ1) is 39.9. The van der Waals surface area contributed by atoms with Crippen LogP contribution in [-0.4, -0.2) is 52.0 Å². The molecule has 0 bridgehead atoms. The van der Waals surface area contributed by atoms with E-state index in [1.54, 1.807) is 83.0 Å². The molecule has 0 amide bonds. The molecule has 2 N–H and O–H groups in total. The molecule has 4 aromatic carbocycles. The van der Waals surface area contributed by atoms with Crippen LogP contribution in [0, 0.1) is 24.0 Å². The number of imidazole rings is 2. The standard InChI is InChI=1S/C19H13BrN4O3.C19H15BrN4O.2ClH.Sn/c1-12-5-4-6-15(18(12)24(26)27)22-14-9-8-13(20)11-16(14)23(19(22)25)17-7-2-3-10-21-17;1-12-5-4-6-15(18(12)21)23-14-9-8-13(20)11-16(14)24(19(23)25)17-7-2-3-10-22-17;;;/h2-11H,1H3;2-11H,21H2,1H3;2*1H;/q;;;;+2/p-2. The number of anilines is 1. The predicted octanol–water partition coefficient (Wildman–Crippen LogP) is 8.98. The number of nitrogens with zero attached hydrogens (tertiary/aromatic N) is 7. The summed E-state index contributed by atoms with van der Waals surface area (Å²) < 4.78 is 7.73. The van der Waals surface area contributed by atoms with Crippen LogP contribution in [0.25, 0.3) is 45.1 Å². The molecule has 0 aliphatic rings. The molecular formula is C38H28Br2Cl2N8O4Sn. The Hall–Kier alpha value is -4.74. The second-order valence-electron chi connectivity index (χ2n) is 11.8. The molecule has 55 heavy (non-hydrogen) atoms. The first-order valence-corrected chi connectivity index (χ1v) is 25.0. The van der Waals surface area contributed by atoms with E-state index >= 15 is 0 Å². The zero-order chi connectivity index (χ0) is 39.4. The number of nitrogen functional groups attached to an aromatic ring is 1. The Kier molecular flexibility index (Phi) is 12.6. The molecule has 4 aromatic heterocycles. The number of aromatic nitrogens is 6. The van der Waals surface area contributed by atoms with Crippen molar-refractivity contribution in [2.45, 2.75) is 13.8 Å². The number of halogens is 4. The number of nitro groups is 1. The average Bonchev–Trinajstić information content (AvgIpc) is 3.62. The van der Waals surface area contributed by atoms with Crippen molar-refractivity contribution in [1.29, 1.82) is 0 Å². The van der Waals surface area contributed by atoms with Crippen molar-refractivity contribution in [3.8, 4) is 23.0 Å². The fraction of sp³-hybridized carbons (Fsp3) is 0.0526. The van der Waals surface area contributed by atoms with Gasteiger partial charge >= 0.3 is 48.1 Å². The quantitative estimate of drug-likeness (QED) is 0.0783. The number of hydrogen-bond acceptors (Lipinski definition) is 7. The summed E-state index contributed by atoms with van der Waals surface area (Å²) in [6.07, 6.45) is 3.27. The van der Waals surface area contributed by atoms with Crippen molar-refractivity contribution in [2.75, 3.05) is 5.73 Å². The molecule has 0 aliphatic carbocycles. The number of aryl methyl sites for hydroxylation is 2. The summed E-state index contributed by atoms with van der Waals surface area (Å²) in [5, 5.41) is 11.7. The Balaban J connectivity index is 0.000000175. The van der Waals surface area contributed by atoms with Gasteiger partial charge in [-0.25, -0.2) is 28.7 Å². The van der Waals surface area contributed by atoms with E-state index in [-0.39, 0.29) is 17.1 Å². The third kappa shape index (κ3) is 8.00. The van der Waals surface area contributed by atoms with Crippen LogP contribution < -0.4 is 17.1 Å². The molecule has 12 nitrogen and oxygen atoms in total. The van der Waals surface area contributed by atoms with Crippen LogP contribution in [0.2, 0.25) is 0 Å². The molecule has 0 fully saturated rings. The van der Waals surface area contributed by atoms with Crippen molar-refractivity contribution in [2.24, 2.45) is 0 Å². The van der Waals surface area contributed by atoms with E-state index in [9.17, 15) is 19.7 Å². The Morgan fingerprint density at radius 1 is 0.636 bits per heavy atom. The number of para-hydroxylation sites is 2. The number of rotatable bonds is 5. The van der Waals surface area contributed by atoms with Crippen LogP contribution in [0.5, 0.6) is 0 Å². The maximum absolute atomic E-state index is 13.3. The van der Waals surface area contributed by atoms with Crippen LogP contribution in [0.3, 0.4) is 0 Å². The maximum atomic E-state index is 13.3. The van der Waals surface area contributed by atoms with Crippen LogP contribution >= 0.6 is 49.7 Å². The van der Waals surface area contributed by atoms with E-state index in [0.29, 0.717) is 39.6 Å². The molecule has 2 radical (unpaired) electrons. The van der Waals surface area contributed by atoms with Gasteiger partial charge in [-0.05, 0) is 92.2 Å². The van der Waals surface area contributed by atoms with Gasteiger partial charge in [-0.3, -0.25) is 19.2 Å². The van der Waals surface area contributed by atoms with Crippen LogP contribution in [0.1, 0.15) is 11.1 Å². The van der Waals surface area contributed by atoms with Gasteiger partial charge in [0.15, 0.2) is 0 Å². The van der Waals surface area contributed by atoms with Gasteiger partial charge in [-0.1, -0.05) is 68.3 Å². The summed E-state index contributed by atoms with van der Waals surface area (Å²) in [5.41, 5.74) is 11.1. The van der Waals surface area contributed by atoms with E-state index < -0.39 is 29.5 Å². The third-order valence-electron chi connectivity index (χ3n) is 8.54. The van der Waals surface area contributed by atoms with Gasteiger partial charge in [0.2, 0.25) is 0 Å². The minimum absolute atomic E-state index is 0.0948. The Morgan fingerprint density at radius 3 is 1.55 bits per heavy atom. The molecule has 0 unspecified atom stereocenters. The first-order chi connectivity index (χ1) is 26.5. The molecule has 276 valence electrons. The summed E-state index contributed by atoms with van der Waals surface area (Å²) in [4.78, 5) is 46.4. The number of fused-ring (bicyclic) bond motifs is 2. The number of nitro benzene ring substituents is 1. The van der Waals surface area contributed by atoms with Gasteiger partial charge in [-0.15, -0.1) is 0 Å². The number of hydrogen-bond donors (Lipinski definition) is 1.